The standard InChI is InChI=1S/C11H14FNO/c1-2-4-10(11(12)13)8-5-3-6-9(14)7-8/h4,7,13H,2-3,5-6H2,1H3/b10-4-,13-11?. The van der Waals surface area contributed by atoms with Crippen LogP contribution in [0, 0.1) is 5.41 Å². The van der Waals surface area contributed by atoms with Gasteiger partial charge in [-0.3, -0.25) is 10.2 Å². The Morgan fingerprint density at radius 3 is 2.86 bits per heavy atom. The van der Waals surface area contributed by atoms with E-state index in [2.05, 4.69) is 0 Å². The Kier molecular flexibility index (Phi) is 3.74. The van der Waals surface area contributed by atoms with E-state index in [1.165, 1.54) is 6.08 Å². The van der Waals surface area contributed by atoms with E-state index in [1.54, 1.807) is 6.08 Å². The Labute approximate surface area is 83.0 Å². The summed E-state index contributed by atoms with van der Waals surface area (Å²) in [6, 6.07) is 0. The van der Waals surface area contributed by atoms with Crippen molar-refractivity contribution < 1.29 is 9.18 Å². The molecule has 0 spiro atoms. The Hall–Kier alpha value is -1.25. The first-order valence-corrected chi connectivity index (χ1v) is 4.83. The van der Waals surface area contributed by atoms with Crippen LogP contribution in [0.25, 0.3) is 0 Å². The molecule has 0 aliphatic heterocycles. The minimum absolute atomic E-state index is 0.0366. The highest BCUT2D eigenvalue weighted by atomic mass is 19.1. The highest BCUT2D eigenvalue weighted by Gasteiger charge is 2.15. The van der Waals surface area contributed by atoms with E-state index >= 15 is 0 Å². The van der Waals surface area contributed by atoms with E-state index in [9.17, 15) is 9.18 Å². The van der Waals surface area contributed by atoms with Crippen LogP contribution in [0.15, 0.2) is 23.3 Å². The molecule has 0 unspecified atom stereocenters. The third-order valence-corrected chi connectivity index (χ3v) is 2.20. The molecule has 1 N–H and O–H groups in total. The fourth-order valence-electron chi connectivity index (χ4n) is 1.57. The number of carbonyl (C=O) groups excluding carboxylic acids is 1. The van der Waals surface area contributed by atoms with E-state index in [1.807, 2.05) is 6.92 Å². The van der Waals surface area contributed by atoms with Crippen LogP contribution in [-0.2, 0) is 4.79 Å². The molecular weight excluding hydrogens is 181 g/mol. The first-order valence-electron chi connectivity index (χ1n) is 4.83. The quantitative estimate of drug-likeness (QED) is 0.691. The first kappa shape index (κ1) is 10.8. The molecule has 0 bridgehead atoms. The van der Waals surface area contributed by atoms with Gasteiger partial charge < -0.3 is 0 Å². The van der Waals surface area contributed by atoms with Gasteiger partial charge in [-0.15, -0.1) is 0 Å². The summed E-state index contributed by atoms with van der Waals surface area (Å²) >= 11 is 0. The van der Waals surface area contributed by atoms with Gasteiger partial charge in [-0.25, -0.2) is 0 Å². The molecule has 0 aromatic heterocycles. The van der Waals surface area contributed by atoms with Gasteiger partial charge in [0.25, 0.3) is 0 Å². The number of hydrogen-bond acceptors (Lipinski definition) is 2. The van der Waals surface area contributed by atoms with Crippen LogP contribution in [0.3, 0.4) is 0 Å². The molecule has 1 rings (SSSR count). The highest BCUT2D eigenvalue weighted by molar-refractivity contribution is 5.99. The highest BCUT2D eigenvalue weighted by Crippen LogP contribution is 2.23. The molecule has 14 heavy (non-hydrogen) atoms. The van der Waals surface area contributed by atoms with Gasteiger partial charge >= 0.3 is 0 Å². The van der Waals surface area contributed by atoms with Crippen molar-refractivity contribution in [3.63, 3.8) is 0 Å². The summed E-state index contributed by atoms with van der Waals surface area (Å²) < 4.78 is 12.8. The van der Waals surface area contributed by atoms with E-state index in [-0.39, 0.29) is 5.78 Å². The monoisotopic (exact) mass is 195 g/mol. The van der Waals surface area contributed by atoms with E-state index in [0.29, 0.717) is 30.4 Å². The Morgan fingerprint density at radius 1 is 1.64 bits per heavy atom. The van der Waals surface area contributed by atoms with Crippen molar-refractivity contribution >= 4 is 11.7 Å². The number of hydrogen-bond donors (Lipinski definition) is 1. The van der Waals surface area contributed by atoms with Crippen LogP contribution in [0.2, 0.25) is 0 Å². The summed E-state index contributed by atoms with van der Waals surface area (Å²) in [7, 11) is 0. The van der Waals surface area contributed by atoms with Gasteiger partial charge in [0.15, 0.2) is 5.78 Å². The largest absolute Gasteiger partial charge is 0.295 e. The molecule has 0 saturated carbocycles. The molecule has 0 amide bonds. The smallest absolute Gasteiger partial charge is 0.212 e. The maximum absolute atomic E-state index is 12.8. The summed E-state index contributed by atoms with van der Waals surface area (Å²) in [6.45, 7) is 1.88. The predicted octanol–water partition coefficient (Wildman–Crippen LogP) is 2.95. The second-order valence-electron chi connectivity index (χ2n) is 3.33. The first-order chi connectivity index (χ1) is 6.65. The second-order valence-corrected chi connectivity index (χ2v) is 3.33. The Balaban J connectivity index is 2.94. The molecule has 0 saturated heterocycles. The van der Waals surface area contributed by atoms with Crippen LogP contribution < -0.4 is 0 Å². The van der Waals surface area contributed by atoms with Crippen molar-refractivity contribution in [1.29, 1.82) is 5.41 Å². The minimum Gasteiger partial charge on any atom is -0.295 e. The van der Waals surface area contributed by atoms with Crippen molar-refractivity contribution in [2.24, 2.45) is 0 Å². The molecule has 0 aromatic rings. The maximum Gasteiger partial charge on any atom is 0.212 e. The molecule has 0 aromatic carbocycles. The average molecular weight is 195 g/mol. The van der Waals surface area contributed by atoms with Gasteiger partial charge in [0.1, 0.15) is 0 Å². The van der Waals surface area contributed by atoms with Crippen LogP contribution in [0.1, 0.15) is 32.6 Å². The van der Waals surface area contributed by atoms with Gasteiger partial charge in [0.2, 0.25) is 5.97 Å². The molecule has 3 heteroatoms. The average Bonchev–Trinajstić information content (AvgIpc) is 2.13. The van der Waals surface area contributed by atoms with Crippen molar-refractivity contribution in [2.75, 3.05) is 0 Å². The van der Waals surface area contributed by atoms with Crippen LogP contribution in [0.4, 0.5) is 4.39 Å². The van der Waals surface area contributed by atoms with Gasteiger partial charge in [-0.05, 0) is 30.9 Å². The normalized spacial score (nSPS) is 18.0. The zero-order valence-electron chi connectivity index (χ0n) is 8.27. The number of allylic oxidation sites excluding steroid dienone is 4. The van der Waals surface area contributed by atoms with E-state index in [4.69, 9.17) is 5.41 Å². The fourth-order valence-corrected chi connectivity index (χ4v) is 1.57. The molecule has 1 aliphatic rings. The molecule has 0 fully saturated rings. The topological polar surface area (TPSA) is 40.9 Å². The lowest BCUT2D eigenvalue weighted by Gasteiger charge is -2.13. The number of rotatable bonds is 3. The number of ketones is 1. The molecule has 1 aliphatic carbocycles. The summed E-state index contributed by atoms with van der Waals surface area (Å²) in [5.74, 6) is -0.901. The molecule has 76 valence electrons. The lowest BCUT2D eigenvalue weighted by atomic mass is 9.92. The zero-order chi connectivity index (χ0) is 10.6. The SMILES string of the molecule is CC/C=C(\C(=N)F)C1=CC(=O)CCC1. The second kappa shape index (κ2) is 4.84. The van der Waals surface area contributed by atoms with Crippen molar-refractivity contribution in [3.05, 3.63) is 23.3 Å². The van der Waals surface area contributed by atoms with Gasteiger partial charge in [0.05, 0.1) is 0 Å². The molecule has 0 heterocycles. The van der Waals surface area contributed by atoms with Gasteiger partial charge in [0, 0.05) is 12.0 Å². The fraction of sp³-hybridized carbons (Fsp3) is 0.455. The van der Waals surface area contributed by atoms with Crippen molar-refractivity contribution in [2.45, 2.75) is 32.6 Å². The maximum atomic E-state index is 12.8. The number of carbonyl (C=O) groups is 1. The predicted molar refractivity (Wildman–Crippen MR) is 54.1 cm³/mol. The van der Waals surface area contributed by atoms with Gasteiger partial charge in [-0.1, -0.05) is 13.0 Å². The number of nitrogens with one attached hydrogen (secondary N) is 1. The lowest BCUT2D eigenvalue weighted by molar-refractivity contribution is -0.115. The zero-order valence-corrected chi connectivity index (χ0v) is 8.27. The van der Waals surface area contributed by atoms with Crippen molar-refractivity contribution in [1.82, 2.24) is 0 Å². The molecule has 0 radical (unpaired) electrons. The van der Waals surface area contributed by atoms with Crippen LogP contribution >= 0.6 is 0 Å². The van der Waals surface area contributed by atoms with Gasteiger partial charge in [-0.2, -0.15) is 4.39 Å². The summed E-state index contributed by atoms with van der Waals surface area (Å²) in [4.78, 5) is 11.1. The molecular formula is C11H14FNO. The third-order valence-electron chi connectivity index (χ3n) is 2.20. The summed E-state index contributed by atoms with van der Waals surface area (Å²) in [5, 5.41) is 6.97. The molecule has 0 atom stereocenters. The van der Waals surface area contributed by atoms with Crippen LogP contribution in [0.5, 0.6) is 0 Å². The van der Waals surface area contributed by atoms with E-state index < -0.39 is 5.97 Å². The van der Waals surface area contributed by atoms with Crippen molar-refractivity contribution in [3.8, 4) is 0 Å². The number of halogens is 1. The lowest BCUT2D eigenvalue weighted by Crippen LogP contribution is -2.07. The molecule has 2 nitrogen and oxygen atoms in total. The third kappa shape index (κ3) is 2.62. The summed E-state index contributed by atoms with van der Waals surface area (Å²) in [5.41, 5.74) is 0.969. The summed E-state index contributed by atoms with van der Waals surface area (Å²) in [6.07, 6.45) is 5.81. The Bertz CT molecular complexity index is 315. The van der Waals surface area contributed by atoms with E-state index in [0.717, 1.165) is 6.42 Å². The Morgan fingerprint density at radius 2 is 2.36 bits per heavy atom. The van der Waals surface area contributed by atoms with Crippen LogP contribution in [-0.4, -0.2) is 11.7 Å². The minimum atomic E-state index is -0.937.